The van der Waals surface area contributed by atoms with Gasteiger partial charge in [0.05, 0.1) is 36.4 Å². The number of amides is 2. The third kappa shape index (κ3) is 13.6. The first-order chi connectivity index (χ1) is 31.8. The standard InChI is InChI=1S/C53H65N5O7S/c1-7-43(8-2)57(30-29-56(5)46(59)24-25-47(60)65-36-38-16-10-9-11-17-38)34-39-18-14-19-41(31-39)50(62)55-51-48(44-26-27-53(3,4)32-45(44)66-51)49(61)42-33-54-58(35-42)28-13-12-15-37-20-22-40(23-21-37)52(63)64-6/h9-11,14,16-23,31,33,35,43H,7-8,12-13,15,24-30,32,34,36H2,1-6H3,(H,55,62). The highest BCUT2D eigenvalue weighted by atomic mass is 32.1. The van der Waals surface area contributed by atoms with Gasteiger partial charge in [-0.1, -0.05) is 82.3 Å². The molecule has 0 saturated heterocycles. The Morgan fingerprint density at radius 3 is 2.33 bits per heavy atom. The van der Waals surface area contributed by atoms with Crippen LogP contribution in [-0.4, -0.2) is 82.4 Å². The second-order valence-electron chi connectivity index (χ2n) is 18.1. The number of fused-ring (bicyclic) bond motifs is 1. The lowest BCUT2D eigenvalue weighted by molar-refractivity contribution is -0.147. The van der Waals surface area contributed by atoms with E-state index in [-0.39, 0.29) is 54.5 Å². The van der Waals surface area contributed by atoms with Gasteiger partial charge in [0.1, 0.15) is 11.6 Å². The molecule has 12 nitrogen and oxygen atoms in total. The number of nitrogens with one attached hydrogen (secondary N) is 1. The number of anilines is 1. The van der Waals surface area contributed by atoms with E-state index in [0.29, 0.717) is 53.4 Å². The Hall–Kier alpha value is -5.92. The average molecular weight is 916 g/mol. The van der Waals surface area contributed by atoms with Crippen LogP contribution in [-0.2, 0) is 58.0 Å². The largest absolute Gasteiger partial charge is 0.465 e. The number of unbranched alkanes of at least 4 members (excludes halogenated alkanes) is 1. The van der Waals surface area contributed by atoms with Crippen molar-refractivity contribution in [1.29, 1.82) is 0 Å². The summed E-state index contributed by atoms with van der Waals surface area (Å²) in [6.07, 6.45) is 10.5. The lowest BCUT2D eigenvalue weighted by Crippen LogP contribution is -2.41. The van der Waals surface area contributed by atoms with Gasteiger partial charge in [-0.15, -0.1) is 11.3 Å². The molecule has 1 aliphatic rings. The number of ether oxygens (including phenoxy) is 2. The number of aryl methyl sites for hydroxylation is 2. The van der Waals surface area contributed by atoms with Crippen molar-refractivity contribution in [2.45, 2.75) is 118 Å². The molecule has 13 heteroatoms. The van der Waals surface area contributed by atoms with Crippen LogP contribution in [0, 0.1) is 5.41 Å². The van der Waals surface area contributed by atoms with E-state index in [9.17, 15) is 24.0 Å². The summed E-state index contributed by atoms with van der Waals surface area (Å²) >= 11 is 1.51. The number of aromatic nitrogens is 2. The molecular formula is C53H65N5O7S. The summed E-state index contributed by atoms with van der Waals surface area (Å²) in [6, 6.07) is 24.8. The number of methoxy groups -OCH3 is 1. The Morgan fingerprint density at radius 1 is 0.864 bits per heavy atom. The molecule has 2 amide bonds. The molecule has 5 aromatic rings. The smallest absolute Gasteiger partial charge is 0.337 e. The van der Waals surface area contributed by atoms with Crippen molar-refractivity contribution in [3.8, 4) is 0 Å². The van der Waals surface area contributed by atoms with Crippen molar-refractivity contribution < 1.29 is 33.4 Å². The highest BCUT2D eigenvalue weighted by Gasteiger charge is 2.34. The summed E-state index contributed by atoms with van der Waals surface area (Å²) in [5, 5.41) is 8.28. The minimum atomic E-state index is -0.400. The fraction of sp³-hybridized carbons (Fsp3) is 0.434. The SMILES string of the molecule is CCC(CC)N(CCN(C)C(=O)CCC(=O)OCc1ccccc1)Cc1cccc(C(=O)Nc2sc3c(c2C(=O)c2cnn(CCCCc4ccc(C(=O)OC)cc4)c2)CCC(C)(C)C3)c1. The summed E-state index contributed by atoms with van der Waals surface area (Å²) in [5.41, 5.74) is 6.19. The summed E-state index contributed by atoms with van der Waals surface area (Å²) in [7, 11) is 3.14. The zero-order valence-electron chi connectivity index (χ0n) is 39.4. The Morgan fingerprint density at radius 2 is 1.61 bits per heavy atom. The Balaban J connectivity index is 1.08. The van der Waals surface area contributed by atoms with E-state index in [1.807, 2.05) is 71.5 Å². The quantitative estimate of drug-likeness (QED) is 0.0385. The van der Waals surface area contributed by atoms with E-state index < -0.39 is 5.97 Å². The van der Waals surface area contributed by atoms with E-state index in [0.717, 1.165) is 78.5 Å². The van der Waals surface area contributed by atoms with Crippen LogP contribution in [0.25, 0.3) is 0 Å². The van der Waals surface area contributed by atoms with Crippen LogP contribution in [0.3, 0.4) is 0 Å². The van der Waals surface area contributed by atoms with Gasteiger partial charge in [-0.2, -0.15) is 5.10 Å². The fourth-order valence-electron chi connectivity index (χ4n) is 8.54. The summed E-state index contributed by atoms with van der Waals surface area (Å²) in [5.74, 6) is -1.28. The van der Waals surface area contributed by atoms with Crippen LogP contribution in [0.5, 0.6) is 0 Å². The average Bonchev–Trinajstić information content (AvgIpc) is 3.94. The zero-order valence-corrected chi connectivity index (χ0v) is 40.2. The third-order valence-electron chi connectivity index (χ3n) is 12.6. The van der Waals surface area contributed by atoms with Crippen molar-refractivity contribution in [2.24, 2.45) is 5.41 Å². The first-order valence-electron chi connectivity index (χ1n) is 23.2. The molecule has 3 aromatic carbocycles. The Kier molecular flexibility index (Phi) is 17.6. The monoisotopic (exact) mass is 915 g/mol. The molecule has 0 spiro atoms. The first-order valence-corrected chi connectivity index (χ1v) is 24.1. The summed E-state index contributed by atoms with van der Waals surface area (Å²) in [6.45, 7) is 11.3. The van der Waals surface area contributed by atoms with Gasteiger partial charge in [-0.3, -0.25) is 28.8 Å². The molecule has 0 fully saturated rings. The van der Waals surface area contributed by atoms with Crippen LogP contribution in [0.4, 0.5) is 5.00 Å². The van der Waals surface area contributed by atoms with Gasteiger partial charge in [0, 0.05) is 62.3 Å². The van der Waals surface area contributed by atoms with Crippen molar-refractivity contribution >= 4 is 45.9 Å². The molecule has 350 valence electrons. The molecule has 1 N–H and O–H groups in total. The molecule has 0 aliphatic heterocycles. The highest BCUT2D eigenvalue weighted by molar-refractivity contribution is 7.17. The number of carbonyl (C=O) groups is 5. The van der Waals surface area contributed by atoms with Crippen LogP contribution in [0.1, 0.15) is 136 Å². The van der Waals surface area contributed by atoms with Crippen LogP contribution < -0.4 is 5.32 Å². The fourth-order valence-corrected chi connectivity index (χ4v) is 10.0. The number of hydrogen-bond donors (Lipinski definition) is 1. The lowest BCUT2D eigenvalue weighted by Gasteiger charge is -2.32. The molecule has 66 heavy (non-hydrogen) atoms. The molecule has 0 radical (unpaired) electrons. The molecule has 0 atom stereocenters. The van der Waals surface area contributed by atoms with E-state index in [2.05, 4.69) is 43.0 Å². The minimum Gasteiger partial charge on any atom is -0.465 e. The van der Waals surface area contributed by atoms with Gasteiger partial charge in [-0.25, -0.2) is 4.79 Å². The maximum absolute atomic E-state index is 14.4. The minimum absolute atomic E-state index is 0.0220. The van der Waals surface area contributed by atoms with Crippen molar-refractivity contribution in [3.05, 3.63) is 141 Å². The van der Waals surface area contributed by atoms with Crippen LogP contribution in [0.15, 0.2) is 91.3 Å². The topological polar surface area (TPSA) is 140 Å². The zero-order chi connectivity index (χ0) is 47.2. The first kappa shape index (κ1) is 49.5. The lowest BCUT2D eigenvalue weighted by atomic mass is 9.76. The second kappa shape index (κ2) is 23.5. The molecule has 6 rings (SSSR count). The predicted molar refractivity (Wildman–Crippen MR) is 259 cm³/mol. The van der Waals surface area contributed by atoms with Crippen molar-refractivity contribution in [2.75, 3.05) is 32.6 Å². The van der Waals surface area contributed by atoms with E-state index in [1.54, 1.807) is 36.3 Å². The van der Waals surface area contributed by atoms with Crippen molar-refractivity contribution in [3.63, 3.8) is 0 Å². The molecule has 2 aromatic heterocycles. The number of benzene rings is 3. The van der Waals surface area contributed by atoms with Gasteiger partial charge in [-0.05, 0) is 103 Å². The van der Waals surface area contributed by atoms with Gasteiger partial charge in [0.15, 0.2) is 5.78 Å². The normalized spacial score (nSPS) is 13.0. The third-order valence-corrected chi connectivity index (χ3v) is 13.7. The van der Waals surface area contributed by atoms with E-state index in [1.165, 1.54) is 18.4 Å². The number of carbonyl (C=O) groups excluding carboxylic acids is 5. The van der Waals surface area contributed by atoms with E-state index >= 15 is 0 Å². The highest BCUT2D eigenvalue weighted by Crippen LogP contribution is 2.44. The number of likely N-dealkylation sites (N-methyl/N-ethyl adjacent to an activating group) is 1. The van der Waals surface area contributed by atoms with Crippen LogP contribution >= 0.6 is 11.3 Å². The number of thiophene rings is 1. The molecule has 0 bridgehead atoms. The number of hydrogen-bond acceptors (Lipinski definition) is 10. The van der Waals surface area contributed by atoms with Gasteiger partial charge >= 0.3 is 11.9 Å². The Bertz CT molecular complexity index is 2440. The maximum Gasteiger partial charge on any atom is 0.337 e. The number of nitrogens with zero attached hydrogens (tertiary/aromatic N) is 4. The number of ketones is 1. The molecular weight excluding hydrogens is 851 g/mol. The van der Waals surface area contributed by atoms with Crippen LogP contribution in [0.2, 0.25) is 0 Å². The van der Waals surface area contributed by atoms with Gasteiger partial charge < -0.3 is 19.7 Å². The molecule has 1 aliphatic carbocycles. The maximum atomic E-state index is 14.4. The summed E-state index contributed by atoms with van der Waals surface area (Å²) < 4.78 is 12.0. The van der Waals surface area contributed by atoms with Gasteiger partial charge in [0.2, 0.25) is 5.91 Å². The summed E-state index contributed by atoms with van der Waals surface area (Å²) in [4.78, 5) is 70.9. The number of rotatable bonds is 23. The molecule has 2 heterocycles. The van der Waals surface area contributed by atoms with Crippen molar-refractivity contribution in [1.82, 2.24) is 19.6 Å². The Labute approximate surface area is 393 Å². The second-order valence-corrected chi connectivity index (χ2v) is 19.2. The molecule has 0 unspecified atom stereocenters. The van der Waals surface area contributed by atoms with Gasteiger partial charge in [0.25, 0.3) is 5.91 Å². The molecule has 0 saturated carbocycles. The predicted octanol–water partition coefficient (Wildman–Crippen LogP) is 9.72. The van der Waals surface area contributed by atoms with E-state index in [4.69, 9.17) is 9.47 Å². The number of esters is 2.